The third kappa shape index (κ3) is 4.87. The molecule has 3 aliphatic rings. The molecular weight excluding hydrogens is 428 g/mol. The minimum atomic E-state index is -3.69. The summed E-state index contributed by atoms with van der Waals surface area (Å²) in [5, 5.41) is 0. The first-order valence-electron chi connectivity index (χ1n) is 10.6. The van der Waals surface area contributed by atoms with Crippen LogP contribution in [0.25, 0.3) is 0 Å². The van der Waals surface area contributed by atoms with Gasteiger partial charge in [0, 0.05) is 45.1 Å². The molecule has 0 bridgehead atoms. The van der Waals surface area contributed by atoms with Crippen LogP contribution >= 0.6 is 12.4 Å². The fraction of sp³-hybridized carbons (Fsp3) is 0.737. The van der Waals surface area contributed by atoms with Crippen LogP contribution in [0.4, 0.5) is 5.95 Å². The van der Waals surface area contributed by atoms with E-state index in [2.05, 4.69) is 24.5 Å². The quantitative estimate of drug-likeness (QED) is 0.639. The van der Waals surface area contributed by atoms with E-state index < -0.39 is 15.7 Å². The van der Waals surface area contributed by atoms with E-state index in [9.17, 15) is 13.2 Å². The molecule has 2 saturated heterocycles. The largest absolute Gasteiger partial charge is 0.338 e. The number of nitrogens with one attached hydrogen (secondary N) is 1. The predicted molar refractivity (Wildman–Crippen MR) is 117 cm³/mol. The Labute approximate surface area is 184 Å². The fourth-order valence-corrected chi connectivity index (χ4v) is 6.26. The smallest absolute Gasteiger partial charge is 0.304 e. The SMILES string of the molecule is Cl.O=C1N(CCCCN2CCN(c3ncccn3)CC2)S(=O)(=O)NC12CCCCC2. The Balaban J connectivity index is 0.00000256. The highest BCUT2D eigenvalue weighted by molar-refractivity contribution is 7.88. The van der Waals surface area contributed by atoms with Crippen molar-refractivity contribution in [2.24, 2.45) is 0 Å². The Kier molecular flexibility index (Phi) is 7.54. The van der Waals surface area contributed by atoms with Gasteiger partial charge in [0.2, 0.25) is 5.95 Å². The average molecular weight is 459 g/mol. The lowest BCUT2D eigenvalue weighted by Crippen LogP contribution is -2.48. The van der Waals surface area contributed by atoms with Gasteiger partial charge in [0.25, 0.3) is 5.91 Å². The number of piperazine rings is 1. The lowest BCUT2D eigenvalue weighted by Gasteiger charge is -2.34. The lowest BCUT2D eigenvalue weighted by molar-refractivity contribution is -0.131. The zero-order chi connectivity index (χ0) is 20.3. The van der Waals surface area contributed by atoms with Crippen molar-refractivity contribution in [2.45, 2.75) is 50.5 Å². The van der Waals surface area contributed by atoms with Crippen LogP contribution in [0.15, 0.2) is 18.5 Å². The molecule has 4 rings (SSSR count). The van der Waals surface area contributed by atoms with Crippen molar-refractivity contribution < 1.29 is 13.2 Å². The second kappa shape index (κ2) is 9.76. The number of carbonyl (C=O) groups excluding carboxylic acids is 1. The highest BCUT2D eigenvalue weighted by atomic mass is 35.5. The molecule has 3 heterocycles. The zero-order valence-corrected chi connectivity index (χ0v) is 18.8. The molecule has 11 heteroatoms. The maximum absolute atomic E-state index is 12.8. The molecule has 1 spiro atoms. The van der Waals surface area contributed by atoms with Crippen molar-refractivity contribution >= 4 is 34.5 Å². The molecule has 9 nitrogen and oxygen atoms in total. The van der Waals surface area contributed by atoms with Gasteiger partial charge in [-0.05, 0) is 38.3 Å². The number of rotatable bonds is 6. The monoisotopic (exact) mass is 458 g/mol. The van der Waals surface area contributed by atoms with Crippen LogP contribution < -0.4 is 9.62 Å². The standard InChI is InChI=1S/C19H30N6O3S.ClH/c26-17-19(7-2-1-3-8-19)22-29(27,28)25(17)12-5-4-11-23-13-15-24(16-14-23)18-20-9-6-10-21-18;/h6,9-10,22H,1-5,7-8,11-16H2;1H. The van der Waals surface area contributed by atoms with Crippen molar-refractivity contribution in [3.63, 3.8) is 0 Å². The predicted octanol–water partition coefficient (Wildman–Crippen LogP) is 1.18. The number of unbranched alkanes of at least 4 members (excludes halogenated alkanes) is 1. The number of hydrogen-bond donors (Lipinski definition) is 1. The van der Waals surface area contributed by atoms with Crippen LogP contribution in [0.3, 0.4) is 0 Å². The minimum absolute atomic E-state index is 0. The van der Waals surface area contributed by atoms with Crippen LogP contribution in [-0.4, -0.2) is 78.3 Å². The maximum atomic E-state index is 12.8. The Hall–Kier alpha value is -1.49. The van der Waals surface area contributed by atoms with E-state index in [-0.39, 0.29) is 24.9 Å². The third-order valence-electron chi connectivity index (χ3n) is 6.25. The Bertz CT molecular complexity index is 811. The third-order valence-corrected chi connectivity index (χ3v) is 7.83. The summed E-state index contributed by atoms with van der Waals surface area (Å²) in [7, 11) is -3.69. The van der Waals surface area contributed by atoms with Crippen molar-refractivity contribution in [2.75, 3.05) is 44.2 Å². The number of halogens is 1. The van der Waals surface area contributed by atoms with E-state index in [4.69, 9.17) is 0 Å². The first-order chi connectivity index (χ1) is 14.0. The van der Waals surface area contributed by atoms with E-state index in [1.165, 1.54) is 0 Å². The summed E-state index contributed by atoms with van der Waals surface area (Å²) in [6, 6.07) is 1.82. The van der Waals surface area contributed by atoms with E-state index in [1.807, 2.05) is 6.07 Å². The number of aromatic nitrogens is 2. The summed E-state index contributed by atoms with van der Waals surface area (Å²) in [5.41, 5.74) is -0.868. The normalized spacial score (nSPS) is 23.5. The van der Waals surface area contributed by atoms with Gasteiger partial charge in [0.05, 0.1) is 0 Å². The molecule has 0 atom stereocenters. The Morgan fingerprint density at radius 3 is 2.27 bits per heavy atom. The second-order valence-electron chi connectivity index (χ2n) is 8.21. The molecule has 1 saturated carbocycles. The molecule has 1 N–H and O–H groups in total. The van der Waals surface area contributed by atoms with Crippen LogP contribution in [0.1, 0.15) is 44.9 Å². The van der Waals surface area contributed by atoms with Gasteiger partial charge >= 0.3 is 10.2 Å². The zero-order valence-electron chi connectivity index (χ0n) is 17.2. The van der Waals surface area contributed by atoms with Gasteiger partial charge < -0.3 is 4.90 Å². The van der Waals surface area contributed by atoms with Gasteiger partial charge in [-0.2, -0.15) is 13.1 Å². The number of nitrogens with zero attached hydrogens (tertiary/aromatic N) is 5. The fourth-order valence-electron chi connectivity index (χ4n) is 4.60. The van der Waals surface area contributed by atoms with Gasteiger partial charge in [-0.15, -0.1) is 12.4 Å². The van der Waals surface area contributed by atoms with Gasteiger partial charge in [0.1, 0.15) is 5.54 Å². The van der Waals surface area contributed by atoms with E-state index >= 15 is 0 Å². The molecule has 0 aromatic carbocycles. The van der Waals surface area contributed by atoms with Crippen LogP contribution in [0, 0.1) is 0 Å². The molecule has 30 heavy (non-hydrogen) atoms. The maximum Gasteiger partial charge on any atom is 0.304 e. The molecule has 2 aliphatic heterocycles. The molecule has 3 fully saturated rings. The van der Waals surface area contributed by atoms with Crippen LogP contribution in [0.5, 0.6) is 0 Å². The van der Waals surface area contributed by atoms with E-state index in [0.29, 0.717) is 19.3 Å². The molecule has 1 aromatic rings. The number of anilines is 1. The van der Waals surface area contributed by atoms with Crippen molar-refractivity contribution in [1.82, 2.24) is 23.9 Å². The average Bonchev–Trinajstić information content (AvgIpc) is 2.92. The van der Waals surface area contributed by atoms with Crippen molar-refractivity contribution in [1.29, 1.82) is 0 Å². The first-order valence-corrected chi connectivity index (χ1v) is 12.0. The summed E-state index contributed by atoms with van der Waals surface area (Å²) in [4.78, 5) is 26.0. The molecule has 1 aromatic heterocycles. The Morgan fingerprint density at radius 2 is 1.60 bits per heavy atom. The highest BCUT2D eigenvalue weighted by Crippen LogP contribution is 2.35. The van der Waals surface area contributed by atoms with Crippen molar-refractivity contribution in [3.05, 3.63) is 18.5 Å². The van der Waals surface area contributed by atoms with Crippen LogP contribution in [-0.2, 0) is 15.0 Å². The summed E-state index contributed by atoms with van der Waals surface area (Å²) >= 11 is 0. The molecule has 0 unspecified atom stereocenters. The molecule has 1 aliphatic carbocycles. The molecule has 1 amide bonds. The summed E-state index contributed by atoms with van der Waals surface area (Å²) in [5.74, 6) is 0.530. The van der Waals surface area contributed by atoms with Gasteiger partial charge in [-0.3, -0.25) is 9.69 Å². The number of carbonyl (C=O) groups is 1. The van der Waals surface area contributed by atoms with Gasteiger partial charge in [0.15, 0.2) is 0 Å². The van der Waals surface area contributed by atoms with E-state index in [1.54, 1.807) is 12.4 Å². The molecule has 168 valence electrons. The molecular formula is C19H31ClN6O3S. The minimum Gasteiger partial charge on any atom is -0.338 e. The molecule has 0 radical (unpaired) electrons. The summed E-state index contributed by atoms with van der Waals surface area (Å²) in [6.07, 6.45) is 9.20. The van der Waals surface area contributed by atoms with Gasteiger partial charge in [-0.25, -0.2) is 14.3 Å². The lowest BCUT2D eigenvalue weighted by atomic mass is 9.82. The first kappa shape index (κ1) is 23.2. The number of hydrogen-bond acceptors (Lipinski definition) is 7. The van der Waals surface area contributed by atoms with Crippen molar-refractivity contribution in [3.8, 4) is 0 Å². The second-order valence-corrected chi connectivity index (χ2v) is 9.81. The van der Waals surface area contributed by atoms with E-state index in [0.717, 1.165) is 68.7 Å². The van der Waals surface area contributed by atoms with Gasteiger partial charge in [-0.1, -0.05) is 19.3 Å². The van der Waals surface area contributed by atoms with Crippen LogP contribution in [0.2, 0.25) is 0 Å². The number of amides is 1. The highest BCUT2D eigenvalue weighted by Gasteiger charge is 2.54. The summed E-state index contributed by atoms with van der Waals surface area (Å²) in [6.45, 7) is 4.82. The Morgan fingerprint density at radius 1 is 0.967 bits per heavy atom. The topological polar surface area (TPSA) is 98.7 Å². The summed E-state index contributed by atoms with van der Waals surface area (Å²) < 4.78 is 28.7.